The molecule has 0 amide bonds. The summed E-state index contributed by atoms with van der Waals surface area (Å²) < 4.78 is 19.8. The van der Waals surface area contributed by atoms with E-state index in [9.17, 15) is 4.39 Å². The van der Waals surface area contributed by atoms with Crippen LogP contribution in [0.4, 0.5) is 4.39 Å². The van der Waals surface area contributed by atoms with Crippen LogP contribution in [0, 0.1) is 11.7 Å². The highest BCUT2D eigenvalue weighted by Gasteiger charge is 2.39. The topological polar surface area (TPSA) is 62.6 Å². The van der Waals surface area contributed by atoms with Crippen LogP contribution in [0.15, 0.2) is 102 Å². The Labute approximate surface area is 215 Å². The third-order valence-corrected chi connectivity index (χ3v) is 6.73. The van der Waals surface area contributed by atoms with Gasteiger partial charge >= 0.3 is 0 Å². The zero-order valence-corrected chi connectivity index (χ0v) is 20.4. The van der Waals surface area contributed by atoms with Crippen molar-refractivity contribution in [1.82, 2.24) is 20.4 Å². The molecule has 4 aromatic rings. The lowest BCUT2D eigenvalue weighted by molar-refractivity contribution is 0.306. The number of dihydropyridines is 1. The van der Waals surface area contributed by atoms with E-state index in [0.29, 0.717) is 6.61 Å². The summed E-state index contributed by atoms with van der Waals surface area (Å²) in [4.78, 5) is 13.8. The first kappa shape index (κ1) is 23.1. The van der Waals surface area contributed by atoms with E-state index in [1.807, 2.05) is 48.5 Å². The van der Waals surface area contributed by atoms with Gasteiger partial charge in [0.15, 0.2) is 0 Å². The van der Waals surface area contributed by atoms with Gasteiger partial charge in [0.2, 0.25) is 0 Å². The number of nitrogens with zero attached hydrogens (tertiary/aromatic N) is 4. The van der Waals surface area contributed by atoms with Crippen LogP contribution in [-0.2, 0) is 6.61 Å². The molecule has 1 saturated heterocycles. The average molecular weight is 492 g/mol. The minimum atomic E-state index is -0.343. The molecule has 2 atom stereocenters. The Bertz CT molecular complexity index is 1440. The van der Waals surface area contributed by atoms with Crippen LogP contribution in [-0.4, -0.2) is 34.4 Å². The number of fused-ring (bicyclic) bond motifs is 1. The number of hydrazine groups is 1. The van der Waals surface area contributed by atoms with Crippen LogP contribution in [0.2, 0.25) is 0 Å². The molecule has 0 saturated carbocycles. The predicted molar refractivity (Wildman–Crippen MR) is 142 cm³/mol. The number of aromatic nitrogens is 2. The fraction of sp³-hybridized carbons (Fsp3) is 0.167. The Kier molecular flexibility index (Phi) is 6.20. The SMILES string of the molecule is CN1CC2C(=NC(c3ccc(F)cc3)C(c3ccncn3)=C2c2ccc(OCc3ccccc3)cc2)N1. The van der Waals surface area contributed by atoms with Crippen LogP contribution >= 0.6 is 0 Å². The molecule has 1 aromatic heterocycles. The highest BCUT2D eigenvalue weighted by atomic mass is 19.1. The molecule has 2 aliphatic rings. The van der Waals surface area contributed by atoms with E-state index in [2.05, 4.69) is 39.7 Å². The van der Waals surface area contributed by atoms with Gasteiger partial charge < -0.3 is 10.2 Å². The maximum Gasteiger partial charge on any atom is 0.123 e. The van der Waals surface area contributed by atoms with Gasteiger partial charge in [0, 0.05) is 25.4 Å². The fourth-order valence-electron chi connectivity index (χ4n) is 5.01. The highest BCUT2D eigenvalue weighted by molar-refractivity contribution is 6.08. The second-order valence-electron chi connectivity index (χ2n) is 9.23. The number of hydrogen-bond acceptors (Lipinski definition) is 6. The fourth-order valence-corrected chi connectivity index (χ4v) is 5.01. The first-order valence-electron chi connectivity index (χ1n) is 12.2. The summed E-state index contributed by atoms with van der Waals surface area (Å²) in [5.41, 5.74) is 9.45. The molecule has 184 valence electrons. The Morgan fingerprint density at radius 1 is 0.946 bits per heavy atom. The van der Waals surface area contributed by atoms with Crippen molar-refractivity contribution < 1.29 is 9.13 Å². The van der Waals surface area contributed by atoms with Gasteiger partial charge in [0.1, 0.15) is 36.4 Å². The summed E-state index contributed by atoms with van der Waals surface area (Å²) in [6.45, 7) is 1.28. The number of rotatable bonds is 6. The molecule has 6 rings (SSSR count). The second kappa shape index (κ2) is 9.95. The summed E-state index contributed by atoms with van der Waals surface area (Å²) in [7, 11) is 2.01. The number of benzene rings is 3. The standard InChI is InChI=1S/C30H26FN5O/c1-36-17-25-27(21-9-13-24(14-10-21)37-18-20-5-3-2-4-6-20)28(26-15-16-32-19-33-26)29(34-30(25)35-36)22-7-11-23(31)12-8-22/h2-16,19,25,29H,17-18H2,1H3,(H,34,35). The molecule has 3 heterocycles. The van der Waals surface area contributed by atoms with Crippen molar-refractivity contribution in [2.75, 3.05) is 13.6 Å². The van der Waals surface area contributed by atoms with E-state index in [-0.39, 0.29) is 17.8 Å². The molecule has 0 bridgehead atoms. The van der Waals surface area contributed by atoms with Crippen LogP contribution < -0.4 is 10.2 Å². The van der Waals surface area contributed by atoms with Gasteiger partial charge in [-0.15, -0.1) is 0 Å². The van der Waals surface area contributed by atoms with Crippen molar-refractivity contribution >= 4 is 17.0 Å². The van der Waals surface area contributed by atoms with Crippen molar-refractivity contribution in [1.29, 1.82) is 0 Å². The van der Waals surface area contributed by atoms with Gasteiger partial charge in [-0.1, -0.05) is 54.6 Å². The molecule has 2 aliphatic heterocycles. The number of nitrogens with one attached hydrogen (secondary N) is 1. The van der Waals surface area contributed by atoms with Crippen LogP contribution in [0.25, 0.3) is 11.1 Å². The number of halogens is 1. The smallest absolute Gasteiger partial charge is 0.123 e. The summed E-state index contributed by atoms with van der Waals surface area (Å²) >= 11 is 0. The van der Waals surface area contributed by atoms with Gasteiger partial charge in [0.25, 0.3) is 0 Å². The van der Waals surface area contributed by atoms with Crippen molar-refractivity contribution in [2.45, 2.75) is 12.6 Å². The Morgan fingerprint density at radius 3 is 2.46 bits per heavy atom. The largest absolute Gasteiger partial charge is 0.489 e. The summed E-state index contributed by atoms with van der Waals surface area (Å²) in [6.07, 6.45) is 3.30. The molecule has 1 fully saturated rings. The van der Waals surface area contributed by atoms with E-state index < -0.39 is 0 Å². The monoisotopic (exact) mass is 491 g/mol. The van der Waals surface area contributed by atoms with Crippen molar-refractivity contribution in [2.24, 2.45) is 10.9 Å². The molecule has 1 N–H and O–H groups in total. The Hall–Kier alpha value is -4.36. The molecule has 0 aliphatic carbocycles. The Balaban J connectivity index is 1.43. The number of amidine groups is 1. The normalized spacial score (nSPS) is 19.2. The summed E-state index contributed by atoms with van der Waals surface area (Å²) in [5, 5.41) is 2.05. The third kappa shape index (κ3) is 4.73. The molecule has 0 radical (unpaired) electrons. The minimum Gasteiger partial charge on any atom is -0.489 e. The lowest BCUT2D eigenvalue weighted by Gasteiger charge is -2.30. The molecule has 2 unspecified atom stereocenters. The van der Waals surface area contributed by atoms with Gasteiger partial charge in [-0.05, 0) is 52.6 Å². The van der Waals surface area contributed by atoms with Crippen molar-refractivity contribution in [3.63, 3.8) is 0 Å². The predicted octanol–water partition coefficient (Wildman–Crippen LogP) is 5.33. The molecular formula is C30H26FN5O. The van der Waals surface area contributed by atoms with E-state index in [1.165, 1.54) is 12.1 Å². The number of ether oxygens (including phenoxy) is 1. The van der Waals surface area contributed by atoms with E-state index in [1.54, 1.807) is 24.7 Å². The summed E-state index contributed by atoms with van der Waals surface area (Å²) in [5.74, 6) is 1.47. The lowest BCUT2D eigenvalue weighted by Crippen LogP contribution is -2.31. The van der Waals surface area contributed by atoms with Gasteiger partial charge in [-0.2, -0.15) is 0 Å². The minimum absolute atomic E-state index is 0.0442. The number of hydrogen-bond donors (Lipinski definition) is 1. The number of aliphatic imine (C=N–C) groups is 1. The lowest BCUT2D eigenvalue weighted by atomic mass is 9.80. The highest BCUT2D eigenvalue weighted by Crippen LogP contribution is 2.46. The van der Waals surface area contributed by atoms with E-state index >= 15 is 0 Å². The molecule has 0 spiro atoms. The molecule has 3 aromatic carbocycles. The Morgan fingerprint density at radius 2 is 1.73 bits per heavy atom. The van der Waals surface area contributed by atoms with Crippen LogP contribution in [0.3, 0.4) is 0 Å². The molecule has 37 heavy (non-hydrogen) atoms. The first-order valence-corrected chi connectivity index (χ1v) is 12.2. The molecule has 7 heteroatoms. The second-order valence-corrected chi connectivity index (χ2v) is 9.23. The van der Waals surface area contributed by atoms with E-state index in [4.69, 9.17) is 9.73 Å². The van der Waals surface area contributed by atoms with Crippen LogP contribution in [0.5, 0.6) is 5.75 Å². The van der Waals surface area contributed by atoms with Crippen molar-refractivity contribution in [3.05, 3.63) is 126 Å². The van der Waals surface area contributed by atoms with Gasteiger partial charge in [-0.3, -0.25) is 4.99 Å². The third-order valence-electron chi connectivity index (χ3n) is 6.73. The molecule has 6 nitrogen and oxygen atoms in total. The average Bonchev–Trinajstić information content (AvgIpc) is 3.32. The summed E-state index contributed by atoms with van der Waals surface area (Å²) in [6, 6.07) is 26.4. The van der Waals surface area contributed by atoms with Gasteiger partial charge in [0.05, 0.1) is 11.6 Å². The van der Waals surface area contributed by atoms with E-state index in [0.717, 1.165) is 51.7 Å². The molecular weight excluding hydrogens is 465 g/mol. The maximum absolute atomic E-state index is 13.8. The first-order chi connectivity index (χ1) is 18.2. The van der Waals surface area contributed by atoms with Crippen LogP contribution in [0.1, 0.15) is 28.4 Å². The zero-order valence-electron chi connectivity index (χ0n) is 20.4. The maximum atomic E-state index is 13.8. The van der Waals surface area contributed by atoms with Crippen molar-refractivity contribution in [3.8, 4) is 5.75 Å². The van der Waals surface area contributed by atoms with Gasteiger partial charge in [-0.25, -0.2) is 19.4 Å². The zero-order chi connectivity index (χ0) is 25.2. The quantitative estimate of drug-likeness (QED) is 0.395.